The van der Waals surface area contributed by atoms with Crippen molar-refractivity contribution in [2.75, 3.05) is 31.6 Å². The van der Waals surface area contributed by atoms with Crippen molar-refractivity contribution in [3.05, 3.63) is 29.3 Å². The number of aryl methyl sites for hydroxylation is 2. The summed E-state index contributed by atoms with van der Waals surface area (Å²) in [5, 5.41) is 3.00. The molecule has 1 N–H and O–H groups in total. The van der Waals surface area contributed by atoms with Crippen LogP contribution in [0.3, 0.4) is 0 Å². The van der Waals surface area contributed by atoms with E-state index in [1.54, 1.807) is 0 Å². The molecule has 0 spiro atoms. The molecule has 5 heteroatoms. The summed E-state index contributed by atoms with van der Waals surface area (Å²) in [5.74, 6) is -0.0942. The van der Waals surface area contributed by atoms with Crippen molar-refractivity contribution in [2.24, 2.45) is 5.92 Å². The number of amides is 1. The lowest BCUT2D eigenvalue weighted by Gasteiger charge is -2.30. The molecule has 0 bridgehead atoms. The van der Waals surface area contributed by atoms with Crippen LogP contribution in [0, 0.1) is 5.92 Å². The van der Waals surface area contributed by atoms with Crippen LogP contribution in [-0.4, -0.2) is 43.0 Å². The number of fused-ring (bicyclic) bond motifs is 1. The number of likely N-dealkylation sites (tertiary alicyclic amines) is 1. The van der Waals surface area contributed by atoms with Gasteiger partial charge in [0.15, 0.2) is 0 Å². The second-order valence-corrected chi connectivity index (χ2v) is 6.69. The average molecular weight is 330 g/mol. The van der Waals surface area contributed by atoms with E-state index >= 15 is 0 Å². The molecule has 0 aromatic heterocycles. The van der Waals surface area contributed by atoms with Gasteiger partial charge < -0.3 is 10.1 Å². The van der Waals surface area contributed by atoms with E-state index in [0.29, 0.717) is 13.2 Å². The predicted octanol–water partition coefficient (Wildman–Crippen LogP) is 2.39. The molecule has 0 atom stereocenters. The number of nitrogens with zero attached hydrogens (tertiary/aromatic N) is 1. The Bertz CT molecular complexity index is 607. The molecule has 0 unspecified atom stereocenters. The summed E-state index contributed by atoms with van der Waals surface area (Å²) in [6.07, 6.45) is 5.01. The molecule has 0 radical (unpaired) electrons. The third-order valence-electron chi connectivity index (χ3n) is 4.96. The topological polar surface area (TPSA) is 58.6 Å². The molecule has 1 aromatic rings. The van der Waals surface area contributed by atoms with Gasteiger partial charge in [-0.15, -0.1) is 0 Å². The summed E-state index contributed by atoms with van der Waals surface area (Å²) in [6, 6.07) is 6.23. The fraction of sp³-hybridized carbons (Fsp3) is 0.579. The van der Waals surface area contributed by atoms with E-state index in [-0.39, 0.29) is 17.8 Å². The van der Waals surface area contributed by atoms with Gasteiger partial charge in [-0.2, -0.15) is 0 Å². The van der Waals surface area contributed by atoms with Crippen LogP contribution in [0.4, 0.5) is 5.69 Å². The Labute approximate surface area is 143 Å². The number of hydrogen-bond acceptors (Lipinski definition) is 4. The zero-order valence-electron chi connectivity index (χ0n) is 14.3. The molecule has 3 rings (SSSR count). The minimum absolute atomic E-state index is 0.0130. The van der Waals surface area contributed by atoms with Crippen LogP contribution in [0.25, 0.3) is 0 Å². The summed E-state index contributed by atoms with van der Waals surface area (Å²) >= 11 is 0. The van der Waals surface area contributed by atoms with Crippen molar-refractivity contribution >= 4 is 17.6 Å². The average Bonchev–Trinajstić information content (AvgIpc) is 3.03. The first kappa shape index (κ1) is 17.0. The van der Waals surface area contributed by atoms with Crippen molar-refractivity contribution in [1.82, 2.24) is 4.90 Å². The highest BCUT2D eigenvalue weighted by molar-refractivity contribution is 5.92. The van der Waals surface area contributed by atoms with Crippen LogP contribution < -0.4 is 5.32 Å². The third kappa shape index (κ3) is 4.15. The summed E-state index contributed by atoms with van der Waals surface area (Å²) < 4.78 is 5.08. The number of piperidine rings is 1. The summed E-state index contributed by atoms with van der Waals surface area (Å²) in [7, 11) is 0. The molecule has 1 aliphatic carbocycles. The van der Waals surface area contributed by atoms with Crippen molar-refractivity contribution in [3.8, 4) is 0 Å². The highest BCUT2D eigenvalue weighted by atomic mass is 16.5. The molecule has 1 fully saturated rings. The van der Waals surface area contributed by atoms with Gasteiger partial charge in [0.2, 0.25) is 5.91 Å². The zero-order chi connectivity index (χ0) is 16.9. The summed E-state index contributed by atoms with van der Waals surface area (Å²) in [5.41, 5.74) is 3.67. The Balaban J connectivity index is 1.45. The third-order valence-corrected chi connectivity index (χ3v) is 4.96. The minimum atomic E-state index is -0.0975. The number of rotatable bonds is 5. The first-order valence-corrected chi connectivity index (χ1v) is 8.96. The van der Waals surface area contributed by atoms with Gasteiger partial charge in [0, 0.05) is 5.69 Å². The van der Waals surface area contributed by atoms with Gasteiger partial charge in [0.1, 0.15) is 0 Å². The number of nitrogens with one attached hydrogen (secondary N) is 1. The second-order valence-electron chi connectivity index (χ2n) is 6.69. The van der Waals surface area contributed by atoms with Crippen molar-refractivity contribution < 1.29 is 14.3 Å². The van der Waals surface area contributed by atoms with Gasteiger partial charge in [-0.05, 0) is 75.4 Å². The van der Waals surface area contributed by atoms with Crippen LogP contribution in [-0.2, 0) is 27.2 Å². The largest absolute Gasteiger partial charge is 0.466 e. The number of anilines is 1. The van der Waals surface area contributed by atoms with E-state index in [9.17, 15) is 9.59 Å². The maximum absolute atomic E-state index is 12.3. The Morgan fingerprint density at radius 1 is 1.21 bits per heavy atom. The molecule has 5 nitrogen and oxygen atoms in total. The normalized spacial score (nSPS) is 18.2. The number of esters is 1. The fourth-order valence-corrected chi connectivity index (χ4v) is 3.64. The Morgan fingerprint density at radius 2 is 1.96 bits per heavy atom. The lowest BCUT2D eigenvalue weighted by molar-refractivity contribution is -0.149. The van der Waals surface area contributed by atoms with Crippen molar-refractivity contribution in [3.63, 3.8) is 0 Å². The van der Waals surface area contributed by atoms with E-state index in [2.05, 4.69) is 22.3 Å². The number of carbonyl (C=O) groups is 2. The molecule has 1 aromatic carbocycles. The smallest absolute Gasteiger partial charge is 0.309 e. The van der Waals surface area contributed by atoms with Crippen LogP contribution in [0.1, 0.15) is 37.3 Å². The van der Waals surface area contributed by atoms with E-state index in [1.807, 2.05) is 13.0 Å². The Morgan fingerprint density at radius 3 is 2.71 bits per heavy atom. The molecule has 0 saturated carbocycles. The molecular formula is C19H26N2O3. The SMILES string of the molecule is CCOC(=O)C1CCN(CC(=O)Nc2ccc3c(c2)CCC3)CC1. The quantitative estimate of drug-likeness (QED) is 0.842. The van der Waals surface area contributed by atoms with Gasteiger partial charge in [-0.25, -0.2) is 0 Å². The number of benzene rings is 1. The second kappa shape index (κ2) is 7.79. The maximum atomic E-state index is 12.3. The van der Waals surface area contributed by atoms with Crippen molar-refractivity contribution in [1.29, 1.82) is 0 Å². The molecule has 1 aliphatic heterocycles. The standard InChI is InChI=1S/C19H26N2O3/c1-2-24-19(23)15-8-10-21(11-9-15)13-18(22)20-17-7-6-14-4-3-5-16(14)12-17/h6-7,12,15H,2-5,8-11,13H2,1H3,(H,20,22). The van der Waals surface area contributed by atoms with E-state index in [0.717, 1.165) is 44.5 Å². The molecule has 2 aliphatic rings. The fourth-order valence-electron chi connectivity index (χ4n) is 3.64. The van der Waals surface area contributed by atoms with Gasteiger partial charge in [0.05, 0.1) is 19.1 Å². The van der Waals surface area contributed by atoms with E-state index in [1.165, 1.54) is 17.5 Å². The first-order chi connectivity index (χ1) is 11.7. The maximum Gasteiger partial charge on any atom is 0.309 e. The Hall–Kier alpha value is -1.88. The molecule has 1 heterocycles. The van der Waals surface area contributed by atoms with Gasteiger partial charge in [-0.1, -0.05) is 6.07 Å². The van der Waals surface area contributed by atoms with Gasteiger partial charge in [-0.3, -0.25) is 14.5 Å². The summed E-state index contributed by atoms with van der Waals surface area (Å²) in [4.78, 5) is 26.1. The molecule has 1 amide bonds. The van der Waals surface area contributed by atoms with Crippen molar-refractivity contribution in [2.45, 2.75) is 39.0 Å². The van der Waals surface area contributed by atoms with Crippen LogP contribution >= 0.6 is 0 Å². The highest BCUT2D eigenvalue weighted by Crippen LogP contribution is 2.25. The van der Waals surface area contributed by atoms with Crippen LogP contribution in [0.15, 0.2) is 18.2 Å². The predicted molar refractivity (Wildman–Crippen MR) is 92.9 cm³/mol. The zero-order valence-corrected chi connectivity index (χ0v) is 14.3. The van der Waals surface area contributed by atoms with E-state index < -0.39 is 0 Å². The molecule has 24 heavy (non-hydrogen) atoms. The number of hydrogen-bond donors (Lipinski definition) is 1. The molecule has 130 valence electrons. The first-order valence-electron chi connectivity index (χ1n) is 8.96. The summed E-state index contributed by atoms with van der Waals surface area (Å²) in [6.45, 7) is 4.17. The van der Waals surface area contributed by atoms with E-state index in [4.69, 9.17) is 4.74 Å². The monoisotopic (exact) mass is 330 g/mol. The van der Waals surface area contributed by atoms with Crippen LogP contribution in [0.5, 0.6) is 0 Å². The number of carbonyl (C=O) groups excluding carboxylic acids is 2. The minimum Gasteiger partial charge on any atom is -0.466 e. The van der Waals surface area contributed by atoms with Gasteiger partial charge in [0.25, 0.3) is 0 Å². The van der Waals surface area contributed by atoms with Gasteiger partial charge >= 0.3 is 5.97 Å². The lowest BCUT2D eigenvalue weighted by Crippen LogP contribution is -2.41. The molecular weight excluding hydrogens is 304 g/mol. The van der Waals surface area contributed by atoms with Crippen LogP contribution in [0.2, 0.25) is 0 Å². The lowest BCUT2D eigenvalue weighted by atomic mass is 9.97. The number of ether oxygens (including phenoxy) is 1. The molecule has 1 saturated heterocycles. The highest BCUT2D eigenvalue weighted by Gasteiger charge is 2.26. The Kier molecular flexibility index (Phi) is 5.51.